The lowest BCUT2D eigenvalue weighted by Crippen LogP contribution is -2.41. The fraction of sp³-hybridized carbons (Fsp3) is 0.167. The molecule has 3 amide bonds. The number of amides is 3. The highest BCUT2D eigenvalue weighted by atomic mass is 35.5. The van der Waals surface area contributed by atoms with E-state index < -0.39 is 17.9 Å². The second-order valence-corrected chi connectivity index (χ2v) is 6.51. The van der Waals surface area contributed by atoms with Crippen molar-refractivity contribution >= 4 is 47.1 Å². The molecule has 6 nitrogen and oxygen atoms in total. The van der Waals surface area contributed by atoms with Crippen molar-refractivity contribution in [3.05, 3.63) is 64.1 Å². The summed E-state index contributed by atoms with van der Waals surface area (Å²) in [5.41, 5.74) is 1.09. The van der Waals surface area contributed by atoms with E-state index in [9.17, 15) is 14.4 Å². The minimum atomic E-state index is -1.04. The number of imide groups is 1. The fourth-order valence-corrected chi connectivity index (χ4v) is 3.19. The van der Waals surface area contributed by atoms with Crippen LogP contribution >= 0.6 is 23.2 Å². The molecule has 26 heavy (non-hydrogen) atoms. The Hall–Kier alpha value is -2.41. The van der Waals surface area contributed by atoms with Crippen molar-refractivity contribution in [2.75, 3.05) is 4.90 Å². The second-order valence-electron chi connectivity index (χ2n) is 5.64. The molecular formula is C18H14Cl2N2O4. The average molecular weight is 393 g/mol. The molecular weight excluding hydrogens is 379 g/mol. The number of benzene rings is 2. The van der Waals surface area contributed by atoms with Crippen molar-refractivity contribution in [3.8, 4) is 0 Å². The van der Waals surface area contributed by atoms with Crippen molar-refractivity contribution in [1.29, 1.82) is 0 Å². The summed E-state index contributed by atoms with van der Waals surface area (Å²) in [4.78, 5) is 42.8. The van der Waals surface area contributed by atoms with E-state index in [1.54, 1.807) is 0 Å². The number of hydrogen-bond acceptors (Lipinski definition) is 4. The molecule has 0 bridgehead atoms. The third-order valence-corrected chi connectivity index (χ3v) is 4.30. The maximum absolute atomic E-state index is 12.7. The lowest BCUT2D eigenvalue weighted by molar-refractivity contribution is -0.192. The monoisotopic (exact) mass is 392 g/mol. The van der Waals surface area contributed by atoms with Crippen molar-refractivity contribution in [2.45, 2.75) is 19.1 Å². The predicted molar refractivity (Wildman–Crippen MR) is 96.5 cm³/mol. The maximum atomic E-state index is 12.7. The molecule has 8 heteroatoms. The number of nitrogens with zero attached hydrogens (tertiary/aromatic N) is 2. The summed E-state index contributed by atoms with van der Waals surface area (Å²) >= 11 is 11.9. The molecule has 0 N–H and O–H groups in total. The molecule has 0 radical (unpaired) electrons. The van der Waals surface area contributed by atoms with Crippen LogP contribution in [0.25, 0.3) is 0 Å². The van der Waals surface area contributed by atoms with Crippen LogP contribution in [0.2, 0.25) is 10.0 Å². The van der Waals surface area contributed by atoms with Crippen LogP contribution in [0, 0.1) is 0 Å². The number of carbonyl (C=O) groups is 3. The third kappa shape index (κ3) is 3.88. The van der Waals surface area contributed by atoms with Gasteiger partial charge in [0.05, 0.1) is 12.1 Å². The van der Waals surface area contributed by atoms with Crippen LogP contribution in [0.4, 0.5) is 5.69 Å². The van der Waals surface area contributed by atoms with Crippen LogP contribution in [-0.2, 0) is 25.8 Å². The molecule has 2 aromatic carbocycles. The third-order valence-electron chi connectivity index (χ3n) is 3.86. The largest absolute Gasteiger partial charge is 0.276 e. The highest BCUT2D eigenvalue weighted by molar-refractivity contribution is 6.35. The van der Waals surface area contributed by atoms with E-state index in [1.807, 2.05) is 30.3 Å². The molecule has 0 saturated carbocycles. The summed E-state index contributed by atoms with van der Waals surface area (Å²) < 4.78 is 0. The molecule has 1 atom stereocenters. The van der Waals surface area contributed by atoms with Gasteiger partial charge in [0.15, 0.2) is 0 Å². The zero-order valence-corrected chi connectivity index (χ0v) is 15.0. The molecule has 2 aromatic rings. The first-order valence-electron chi connectivity index (χ1n) is 7.73. The van der Waals surface area contributed by atoms with E-state index >= 15 is 0 Å². The zero-order valence-electron chi connectivity index (χ0n) is 13.5. The SMILES string of the molecule is O=CN(OCc1ccccc1)C1CC(=O)N(c2cc(Cl)cc(Cl)c2)C1=O. The predicted octanol–water partition coefficient (Wildman–Crippen LogP) is 3.22. The van der Waals surface area contributed by atoms with Crippen molar-refractivity contribution in [2.24, 2.45) is 0 Å². The van der Waals surface area contributed by atoms with Crippen molar-refractivity contribution < 1.29 is 19.2 Å². The molecule has 1 heterocycles. The van der Waals surface area contributed by atoms with Crippen molar-refractivity contribution in [3.63, 3.8) is 0 Å². The Balaban J connectivity index is 1.77. The van der Waals surface area contributed by atoms with E-state index in [4.69, 9.17) is 28.0 Å². The zero-order chi connectivity index (χ0) is 18.7. The molecule has 1 unspecified atom stereocenters. The van der Waals surface area contributed by atoms with Gasteiger partial charge in [-0.2, -0.15) is 0 Å². The van der Waals surface area contributed by atoms with Gasteiger partial charge in [-0.1, -0.05) is 53.5 Å². The highest BCUT2D eigenvalue weighted by Gasteiger charge is 2.43. The second kappa shape index (κ2) is 7.86. The molecule has 1 fully saturated rings. The van der Waals surface area contributed by atoms with Gasteiger partial charge in [-0.05, 0) is 23.8 Å². The first-order chi connectivity index (χ1) is 12.5. The summed E-state index contributed by atoms with van der Waals surface area (Å²) in [5, 5.41) is 1.47. The molecule has 3 rings (SSSR count). The molecule has 0 aliphatic carbocycles. The van der Waals surface area contributed by atoms with Gasteiger partial charge in [-0.3, -0.25) is 19.2 Å². The Kier molecular flexibility index (Phi) is 5.56. The lowest BCUT2D eigenvalue weighted by Gasteiger charge is -2.22. The van der Waals surface area contributed by atoms with E-state index in [1.165, 1.54) is 18.2 Å². The number of hydrogen-bond donors (Lipinski definition) is 0. The quantitative estimate of drug-likeness (QED) is 0.430. The minimum Gasteiger partial charge on any atom is -0.276 e. The Labute approximate surface area is 159 Å². The number of rotatable bonds is 6. The molecule has 1 aliphatic rings. The topological polar surface area (TPSA) is 66.9 Å². The van der Waals surface area contributed by atoms with Crippen LogP contribution < -0.4 is 4.90 Å². The van der Waals surface area contributed by atoms with Gasteiger partial charge in [-0.15, -0.1) is 0 Å². The van der Waals surface area contributed by atoms with Crippen LogP contribution in [0.1, 0.15) is 12.0 Å². The molecule has 0 spiro atoms. The van der Waals surface area contributed by atoms with Gasteiger partial charge in [0.25, 0.3) is 5.91 Å². The van der Waals surface area contributed by atoms with Crippen LogP contribution in [0.5, 0.6) is 0 Å². The van der Waals surface area contributed by atoms with Crippen LogP contribution in [0.15, 0.2) is 48.5 Å². The summed E-state index contributed by atoms with van der Waals surface area (Å²) in [6.07, 6.45) is 0.212. The lowest BCUT2D eigenvalue weighted by atomic mass is 10.2. The summed E-state index contributed by atoms with van der Waals surface area (Å²) in [6.45, 7) is 0.0978. The Morgan fingerprint density at radius 1 is 1.12 bits per heavy atom. The van der Waals surface area contributed by atoms with E-state index in [-0.39, 0.29) is 18.7 Å². The van der Waals surface area contributed by atoms with Gasteiger partial charge in [0.1, 0.15) is 12.6 Å². The Bertz CT molecular complexity index is 824. The number of carbonyl (C=O) groups excluding carboxylic acids is 3. The molecule has 0 aromatic heterocycles. The van der Waals surface area contributed by atoms with Gasteiger partial charge in [0, 0.05) is 10.0 Å². The van der Waals surface area contributed by atoms with E-state index in [2.05, 4.69) is 0 Å². The average Bonchev–Trinajstić information content (AvgIpc) is 2.90. The molecule has 1 aliphatic heterocycles. The fourth-order valence-electron chi connectivity index (χ4n) is 2.67. The van der Waals surface area contributed by atoms with Crippen LogP contribution in [0.3, 0.4) is 0 Å². The smallest absolute Gasteiger partial charge is 0.259 e. The van der Waals surface area contributed by atoms with E-state index in [0.29, 0.717) is 16.5 Å². The normalized spacial score (nSPS) is 16.8. The maximum Gasteiger partial charge on any atom is 0.259 e. The van der Waals surface area contributed by atoms with Crippen molar-refractivity contribution in [1.82, 2.24) is 5.06 Å². The summed E-state index contributed by atoms with van der Waals surface area (Å²) in [7, 11) is 0. The van der Waals surface area contributed by atoms with E-state index in [0.717, 1.165) is 15.5 Å². The van der Waals surface area contributed by atoms with Gasteiger partial charge >= 0.3 is 0 Å². The number of anilines is 1. The number of hydroxylamine groups is 2. The standard InChI is InChI=1S/C18H14Cl2N2O4/c19-13-6-14(20)8-15(7-13)22-17(24)9-16(18(22)25)21(11-23)26-10-12-4-2-1-3-5-12/h1-8,11,16H,9-10H2. The number of halogens is 2. The highest BCUT2D eigenvalue weighted by Crippen LogP contribution is 2.30. The summed E-state index contributed by atoms with van der Waals surface area (Å²) in [5.74, 6) is -1.04. The van der Waals surface area contributed by atoms with Crippen LogP contribution in [-0.4, -0.2) is 29.3 Å². The first-order valence-corrected chi connectivity index (χ1v) is 8.48. The molecule has 1 saturated heterocycles. The Morgan fingerprint density at radius 2 is 1.77 bits per heavy atom. The van der Waals surface area contributed by atoms with Gasteiger partial charge < -0.3 is 0 Å². The summed E-state index contributed by atoms with van der Waals surface area (Å²) in [6, 6.07) is 12.5. The molecule has 134 valence electrons. The Morgan fingerprint density at radius 3 is 2.38 bits per heavy atom. The minimum absolute atomic E-state index is 0.0978. The van der Waals surface area contributed by atoms with Gasteiger partial charge in [0.2, 0.25) is 12.3 Å². The first kappa shape index (κ1) is 18.4. The van der Waals surface area contributed by atoms with Gasteiger partial charge in [-0.25, -0.2) is 9.96 Å².